The third kappa shape index (κ3) is 2.35. The third-order valence-electron chi connectivity index (χ3n) is 3.84. The van der Waals surface area contributed by atoms with Crippen molar-refractivity contribution >= 4 is 17.0 Å². The molecule has 1 aromatic carbocycles. The number of imidazole rings is 1. The Labute approximate surface area is 111 Å². The first-order valence-corrected chi connectivity index (χ1v) is 6.68. The van der Waals surface area contributed by atoms with Gasteiger partial charge in [0.25, 0.3) is 0 Å². The molecule has 4 nitrogen and oxygen atoms in total. The van der Waals surface area contributed by atoms with E-state index in [0.717, 1.165) is 22.4 Å². The Bertz CT molecular complexity index is 639. The summed E-state index contributed by atoms with van der Waals surface area (Å²) in [6, 6.07) is 6.01. The van der Waals surface area contributed by atoms with Gasteiger partial charge in [0.05, 0.1) is 17.5 Å². The van der Waals surface area contributed by atoms with E-state index < -0.39 is 5.97 Å². The summed E-state index contributed by atoms with van der Waals surface area (Å²) in [6.45, 7) is 3.92. The number of H-pyrrole nitrogens is 1. The number of rotatable bonds is 4. The highest BCUT2D eigenvalue weighted by Crippen LogP contribution is 2.39. The van der Waals surface area contributed by atoms with Gasteiger partial charge < -0.3 is 10.1 Å². The number of fused-ring (bicyclic) bond motifs is 1. The standard InChI is InChI=1S/C15H18N2O2/c1-15(2,8-13(18)19)10-5-6-11-12(7-10)17-14(16-11)9-3-4-9/h5-7,9H,3-4,8H2,1-2H3,(H,16,17)(H,18,19). The highest BCUT2D eigenvalue weighted by molar-refractivity contribution is 5.77. The van der Waals surface area contributed by atoms with E-state index in [1.165, 1.54) is 12.8 Å². The molecule has 19 heavy (non-hydrogen) atoms. The number of nitrogens with one attached hydrogen (secondary N) is 1. The lowest BCUT2D eigenvalue weighted by Crippen LogP contribution is -2.21. The number of nitrogens with zero attached hydrogens (tertiary/aromatic N) is 1. The zero-order valence-corrected chi connectivity index (χ0v) is 11.2. The van der Waals surface area contributed by atoms with Gasteiger partial charge in [-0.05, 0) is 30.5 Å². The Balaban J connectivity index is 1.98. The Kier molecular flexibility index (Phi) is 2.62. The molecule has 2 aromatic rings. The molecule has 1 aliphatic rings. The minimum absolute atomic E-state index is 0.127. The van der Waals surface area contributed by atoms with Crippen LogP contribution in [0.5, 0.6) is 0 Å². The van der Waals surface area contributed by atoms with E-state index in [9.17, 15) is 4.79 Å². The number of hydrogen-bond acceptors (Lipinski definition) is 2. The van der Waals surface area contributed by atoms with Gasteiger partial charge in [0.15, 0.2) is 0 Å². The number of hydrogen-bond donors (Lipinski definition) is 2. The van der Waals surface area contributed by atoms with Crippen LogP contribution in [0.4, 0.5) is 0 Å². The zero-order valence-electron chi connectivity index (χ0n) is 11.2. The number of aromatic nitrogens is 2. The number of carboxylic acids is 1. The fourth-order valence-corrected chi connectivity index (χ4v) is 2.48. The molecule has 1 fully saturated rings. The van der Waals surface area contributed by atoms with Crippen LogP contribution in [0.25, 0.3) is 11.0 Å². The van der Waals surface area contributed by atoms with Gasteiger partial charge in [-0.1, -0.05) is 19.9 Å². The molecule has 0 radical (unpaired) electrons. The topological polar surface area (TPSA) is 66.0 Å². The van der Waals surface area contributed by atoms with Crippen molar-refractivity contribution in [3.05, 3.63) is 29.6 Å². The van der Waals surface area contributed by atoms with Gasteiger partial charge >= 0.3 is 5.97 Å². The zero-order chi connectivity index (χ0) is 13.6. The van der Waals surface area contributed by atoms with Gasteiger partial charge in [0.2, 0.25) is 0 Å². The Hall–Kier alpha value is -1.84. The fourth-order valence-electron chi connectivity index (χ4n) is 2.48. The number of benzene rings is 1. The third-order valence-corrected chi connectivity index (χ3v) is 3.84. The summed E-state index contributed by atoms with van der Waals surface area (Å²) in [5, 5.41) is 8.99. The van der Waals surface area contributed by atoms with E-state index in [-0.39, 0.29) is 11.8 Å². The van der Waals surface area contributed by atoms with Gasteiger partial charge in [-0.15, -0.1) is 0 Å². The summed E-state index contributed by atoms with van der Waals surface area (Å²) in [4.78, 5) is 18.9. The van der Waals surface area contributed by atoms with Crippen molar-refractivity contribution in [2.45, 2.75) is 44.4 Å². The summed E-state index contributed by atoms with van der Waals surface area (Å²) >= 11 is 0. The van der Waals surface area contributed by atoms with Crippen molar-refractivity contribution in [3.8, 4) is 0 Å². The van der Waals surface area contributed by atoms with Crippen molar-refractivity contribution in [1.82, 2.24) is 9.97 Å². The van der Waals surface area contributed by atoms with Crippen LogP contribution in [0.1, 0.15) is 50.4 Å². The molecule has 0 unspecified atom stereocenters. The Morgan fingerprint density at radius 1 is 1.47 bits per heavy atom. The van der Waals surface area contributed by atoms with E-state index in [1.54, 1.807) is 0 Å². The molecule has 1 saturated carbocycles. The van der Waals surface area contributed by atoms with E-state index >= 15 is 0 Å². The maximum absolute atomic E-state index is 10.9. The largest absolute Gasteiger partial charge is 0.481 e. The molecule has 0 atom stereocenters. The van der Waals surface area contributed by atoms with Crippen LogP contribution < -0.4 is 0 Å². The molecule has 0 saturated heterocycles. The number of aliphatic carboxylic acids is 1. The van der Waals surface area contributed by atoms with E-state index in [4.69, 9.17) is 5.11 Å². The predicted octanol–water partition coefficient (Wildman–Crippen LogP) is 3.19. The van der Waals surface area contributed by atoms with Crippen LogP contribution in [-0.2, 0) is 10.2 Å². The molecule has 1 aliphatic carbocycles. The van der Waals surface area contributed by atoms with Crippen LogP contribution in [0.15, 0.2) is 18.2 Å². The van der Waals surface area contributed by atoms with Gasteiger partial charge in [-0.2, -0.15) is 0 Å². The fraction of sp³-hybridized carbons (Fsp3) is 0.467. The lowest BCUT2D eigenvalue weighted by atomic mass is 9.81. The molecule has 2 N–H and O–H groups in total. The van der Waals surface area contributed by atoms with Gasteiger partial charge in [0, 0.05) is 11.3 Å². The molecular weight excluding hydrogens is 240 g/mol. The lowest BCUT2D eigenvalue weighted by Gasteiger charge is -2.22. The van der Waals surface area contributed by atoms with Crippen LogP contribution in [0.3, 0.4) is 0 Å². The monoisotopic (exact) mass is 258 g/mol. The van der Waals surface area contributed by atoms with Crippen LogP contribution in [-0.4, -0.2) is 21.0 Å². The highest BCUT2D eigenvalue weighted by Gasteiger charge is 2.28. The molecule has 3 rings (SSSR count). The minimum Gasteiger partial charge on any atom is -0.481 e. The molecule has 100 valence electrons. The molecule has 0 aliphatic heterocycles. The SMILES string of the molecule is CC(C)(CC(=O)O)c1ccc2nc(C3CC3)[nH]c2c1. The van der Waals surface area contributed by atoms with Gasteiger partial charge in [-0.3, -0.25) is 4.79 Å². The summed E-state index contributed by atoms with van der Waals surface area (Å²) in [5.74, 6) is 0.902. The summed E-state index contributed by atoms with van der Waals surface area (Å²) < 4.78 is 0. The second-order valence-corrected chi connectivity index (χ2v) is 6.08. The first-order chi connectivity index (χ1) is 8.95. The predicted molar refractivity (Wildman–Crippen MR) is 73.3 cm³/mol. The van der Waals surface area contributed by atoms with Gasteiger partial charge in [0.1, 0.15) is 5.82 Å². The second-order valence-electron chi connectivity index (χ2n) is 6.08. The smallest absolute Gasteiger partial charge is 0.304 e. The van der Waals surface area contributed by atoms with E-state index in [2.05, 4.69) is 9.97 Å². The summed E-state index contributed by atoms with van der Waals surface area (Å²) in [5.41, 5.74) is 2.65. The number of carboxylic acid groups (broad SMARTS) is 1. The first kappa shape index (κ1) is 12.2. The van der Waals surface area contributed by atoms with Crippen molar-refractivity contribution in [2.24, 2.45) is 0 Å². The second kappa shape index (κ2) is 4.08. The molecule has 0 spiro atoms. The number of aromatic amines is 1. The van der Waals surface area contributed by atoms with Crippen molar-refractivity contribution in [1.29, 1.82) is 0 Å². The van der Waals surface area contributed by atoms with Crippen molar-refractivity contribution in [2.75, 3.05) is 0 Å². The maximum atomic E-state index is 10.9. The molecular formula is C15H18N2O2. The van der Waals surface area contributed by atoms with Crippen molar-refractivity contribution < 1.29 is 9.90 Å². The normalized spacial score (nSPS) is 15.9. The van der Waals surface area contributed by atoms with Gasteiger partial charge in [-0.25, -0.2) is 4.98 Å². The summed E-state index contributed by atoms with van der Waals surface area (Å²) in [7, 11) is 0. The van der Waals surface area contributed by atoms with Crippen LogP contribution in [0, 0.1) is 0 Å². The summed E-state index contributed by atoms with van der Waals surface area (Å²) in [6.07, 6.45) is 2.57. The maximum Gasteiger partial charge on any atom is 0.304 e. The molecule has 4 heteroatoms. The molecule has 1 aromatic heterocycles. The Morgan fingerprint density at radius 2 is 2.21 bits per heavy atom. The van der Waals surface area contributed by atoms with Crippen LogP contribution in [0.2, 0.25) is 0 Å². The molecule has 0 amide bonds. The van der Waals surface area contributed by atoms with Crippen LogP contribution >= 0.6 is 0 Å². The first-order valence-electron chi connectivity index (χ1n) is 6.68. The highest BCUT2D eigenvalue weighted by atomic mass is 16.4. The quantitative estimate of drug-likeness (QED) is 0.885. The molecule has 0 bridgehead atoms. The van der Waals surface area contributed by atoms with E-state index in [0.29, 0.717) is 5.92 Å². The average molecular weight is 258 g/mol. The van der Waals surface area contributed by atoms with E-state index in [1.807, 2.05) is 32.0 Å². The molecule has 1 heterocycles. The average Bonchev–Trinajstić information content (AvgIpc) is 3.06. The number of carbonyl (C=O) groups is 1. The Morgan fingerprint density at radius 3 is 2.84 bits per heavy atom. The minimum atomic E-state index is -0.770. The van der Waals surface area contributed by atoms with Crippen molar-refractivity contribution in [3.63, 3.8) is 0 Å². The lowest BCUT2D eigenvalue weighted by molar-refractivity contribution is -0.138.